The summed E-state index contributed by atoms with van der Waals surface area (Å²) in [5, 5.41) is 2.89. The Hall–Kier alpha value is -2.21. The van der Waals surface area contributed by atoms with Crippen LogP contribution < -0.4 is 16.7 Å². The van der Waals surface area contributed by atoms with Gasteiger partial charge in [0, 0.05) is 16.6 Å². The topological polar surface area (TPSA) is 77.1 Å². The molecule has 0 aliphatic carbocycles. The number of aromatic nitrogens is 1. The van der Waals surface area contributed by atoms with Crippen LogP contribution in [0.25, 0.3) is 0 Å². The van der Waals surface area contributed by atoms with E-state index in [0.717, 1.165) is 26.4 Å². The Bertz CT molecular complexity index is 812. The number of amides is 1. The maximum absolute atomic E-state index is 12.1. The molecule has 0 fully saturated rings. The molecule has 1 heterocycles. The molecule has 3 N–H and O–H groups in total. The van der Waals surface area contributed by atoms with Gasteiger partial charge < -0.3 is 11.2 Å². The van der Waals surface area contributed by atoms with Crippen LogP contribution in [0.1, 0.15) is 22.4 Å². The van der Waals surface area contributed by atoms with E-state index in [9.17, 15) is 9.59 Å². The van der Waals surface area contributed by atoms with Gasteiger partial charge in [0.1, 0.15) is 0 Å². The Morgan fingerprint density at radius 3 is 2.48 bits per heavy atom. The monoisotopic (exact) mass is 331 g/mol. The number of pyridine rings is 1. The van der Waals surface area contributed by atoms with Crippen molar-refractivity contribution in [2.75, 3.05) is 16.9 Å². The van der Waals surface area contributed by atoms with Gasteiger partial charge in [0.25, 0.3) is 5.56 Å². The normalized spacial score (nSPS) is 10.6. The second-order valence-corrected chi connectivity index (χ2v) is 6.57. The molecule has 2 rings (SSSR count). The van der Waals surface area contributed by atoms with Gasteiger partial charge in [0.2, 0.25) is 5.91 Å². The summed E-state index contributed by atoms with van der Waals surface area (Å²) < 4.78 is 1.11. The van der Waals surface area contributed by atoms with Crippen molar-refractivity contribution in [1.82, 2.24) is 4.68 Å². The van der Waals surface area contributed by atoms with Crippen LogP contribution >= 0.6 is 11.8 Å². The van der Waals surface area contributed by atoms with Gasteiger partial charge in [0.05, 0.1) is 11.4 Å². The van der Waals surface area contributed by atoms with Crippen LogP contribution in [0.3, 0.4) is 0 Å². The first-order valence-electron chi connectivity index (χ1n) is 7.28. The van der Waals surface area contributed by atoms with E-state index in [1.165, 1.54) is 23.4 Å². The minimum absolute atomic E-state index is 0.0909. The molecule has 2 aromatic rings. The number of nitrogens with two attached hydrogens (primary N) is 1. The highest BCUT2D eigenvalue weighted by Gasteiger charge is 2.11. The van der Waals surface area contributed by atoms with Crippen LogP contribution in [0.2, 0.25) is 0 Å². The Morgan fingerprint density at radius 2 is 1.83 bits per heavy atom. The first-order valence-corrected chi connectivity index (χ1v) is 8.26. The number of benzene rings is 1. The number of nitrogens with zero attached hydrogens (tertiary/aromatic N) is 1. The second kappa shape index (κ2) is 6.91. The number of hydrogen-bond acceptors (Lipinski definition) is 4. The van der Waals surface area contributed by atoms with Crippen molar-refractivity contribution in [3.63, 3.8) is 0 Å². The maximum Gasteiger partial charge on any atom is 0.269 e. The van der Waals surface area contributed by atoms with Gasteiger partial charge in [-0.05, 0) is 56.5 Å². The van der Waals surface area contributed by atoms with Gasteiger partial charge in [-0.3, -0.25) is 9.59 Å². The number of hydrogen-bond donors (Lipinski definition) is 2. The molecule has 1 aromatic carbocycles. The largest absolute Gasteiger partial charge is 0.336 e. The standard InChI is InChI=1S/C17H21N3O2S/c1-10-5-6-14(7-11(10)2)19-15(21)9-23-17-12(3)8-16(22)20(18)13(17)4/h5-8H,9,18H2,1-4H3,(H,19,21). The molecule has 0 radical (unpaired) electrons. The SMILES string of the molecule is Cc1ccc(NC(=O)CSc2c(C)cc(=O)n(N)c2C)cc1C. The molecule has 0 aliphatic rings. The summed E-state index contributed by atoms with van der Waals surface area (Å²) in [6.45, 7) is 7.66. The zero-order valence-electron chi connectivity index (χ0n) is 13.8. The fourth-order valence-electron chi connectivity index (χ4n) is 2.25. The molecule has 5 nitrogen and oxygen atoms in total. The molecule has 1 aromatic heterocycles. The smallest absolute Gasteiger partial charge is 0.269 e. The van der Waals surface area contributed by atoms with Crippen molar-refractivity contribution >= 4 is 23.4 Å². The highest BCUT2D eigenvalue weighted by Crippen LogP contribution is 2.24. The fraction of sp³-hybridized carbons (Fsp3) is 0.294. The first kappa shape index (κ1) is 17.1. The van der Waals surface area contributed by atoms with Crippen molar-refractivity contribution in [1.29, 1.82) is 0 Å². The van der Waals surface area contributed by atoms with Gasteiger partial charge in [-0.15, -0.1) is 11.8 Å². The van der Waals surface area contributed by atoms with E-state index >= 15 is 0 Å². The number of thioether (sulfide) groups is 1. The highest BCUT2D eigenvalue weighted by molar-refractivity contribution is 8.00. The Balaban J connectivity index is 2.06. The summed E-state index contributed by atoms with van der Waals surface area (Å²) in [5.74, 6) is 5.87. The zero-order chi connectivity index (χ0) is 17.1. The summed E-state index contributed by atoms with van der Waals surface area (Å²) >= 11 is 1.38. The highest BCUT2D eigenvalue weighted by atomic mass is 32.2. The number of anilines is 1. The van der Waals surface area contributed by atoms with E-state index in [4.69, 9.17) is 5.84 Å². The lowest BCUT2D eigenvalue weighted by atomic mass is 10.1. The molecule has 0 bridgehead atoms. The van der Waals surface area contributed by atoms with Crippen LogP contribution in [0.5, 0.6) is 0 Å². The van der Waals surface area contributed by atoms with E-state index < -0.39 is 0 Å². The van der Waals surface area contributed by atoms with Gasteiger partial charge in [-0.25, -0.2) is 4.68 Å². The zero-order valence-corrected chi connectivity index (χ0v) is 14.6. The third-order valence-corrected chi connectivity index (χ3v) is 5.08. The molecule has 0 spiro atoms. The van der Waals surface area contributed by atoms with Crippen LogP contribution in [0.4, 0.5) is 5.69 Å². The van der Waals surface area contributed by atoms with Crippen LogP contribution in [0, 0.1) is 27.7 Å². The predicted octanol–water partition coefficient (Wildman–Crippen LogP) is 2.53. The quantitative estimate of drug-likeness (QED) is 0.667. The lowest BCUT2D eigenvalue weighted by molar-refractivity contribution is -0.113. The molecular weight excluding hydrogens is 310 g/mol. The molecular formula is C17H21N3O2S. The Kier molecular flexibility index (Phi) is 5.15. The number of rotatable bonds is 4. The van der Waals surface area contributed by atoms with Crippen LogP contribution in [-0.2, 0) is 4.79 Å². The van der Waals surface area contributed by atoms with Crippen molar-refractivity contribution in [3.05, 3.63) is 57.0 Å². The van der Waals surface area contributed by atoms with E-state index in [1.54, 1.807) is 6.92 Å². The minimum Gasteiger partial charge on any atom is -0.336 e. The third-order valence-electron chi connectivity index (χ3n) is 3.76. The molecule has 122 valence electrons. The third kappa shape index (κ3) is 3.96. The molecule has 23 heavy (non-hydrogen) atoms. The number of carbonyl (C=O) groups excluding carboxylic acids is 1. The molecule has 6 heteroatoms. The number of nitrogens with one attached hydrogen (secondary N) is 1. The molecule has 0 unspecified atom stereocenters. The lowest BCUT2D eigenvalue weighted by Gasteiger charge is -2.12. The molecule has 0 aliphatic heterocycles. The molecule has 1 amide bonds. The average Bonchev–Trinajstić information content (AvgIpc) is 2.48. The van der Waals surface area contributed by atoms with Crippen LogP contribution in [0.15, 0.2) is 34.0 Å². The van der Waals surface area contributed by atoms with Gasteiger partial charge in [0.15, 0.2) is 0 Å². The van der Waals surface area contributed by atoms with Crippen molar-refractivity contribution < 1.29 is 4.79 Å². The summed E-state index contributed by atoms with van der Waals surface area (Å²) in [6.07, 6.45) is 0. The Labute approximate surface area is 139 Å². The summed E-state index contributed by atoms with van der Waals surface area (Å²) in [6, 6.07) is 7.31. The van der Waals surface area contributed by atoms with Crippen molar-refractivity contribution in [3.8, 4) is 0 Å². The summed E-state index contributed by atoms with van der Waals surface area (Å²) in [4.78, 5) is 24.6. The van der Waals surface area contributed by atoms with E-state index in [0.29, 0.717) is 5.69 Å². The maximum atomic E-state index is 12.1. The summed E-state index contributed by atoms with van der Waals surface area (Å²) in [7, 11) is 0. The number of carbonyl (C=O) groups is 1. The second-order valence-electron chi connectivity index (χ2n) is 5.59. The lowest BCUT2D eigenvalue weighted by Crippen LogP contribution is -2.29. The minimum atomic E-state index is -0.246. The average molecular weight is 331 g/mol. The van der Waals surface area contributed by atoms with E-state index in [-0.39, 0.29) is 17.2 Å². The predicted molar refractivity (Wildman–Crippen MR) is 95.6 cm³/mol. The van der Waals surface area contributed by atoms with Gasteiger partial charge in [-0.1, -0.05) is 6.07 Å². The number of nitrogen functional groups attached to an aromatic ring is 1. The van der Waals surface area contributed by atoms with Crippen molar-refractivity contribution in [2.45, 2.75) is 32.6 Å². The van der Waals surface area contributed by atoms with E-state index in [1.807, 2.05) is 39.0 Å². The summed E-state index contributed by atoms with van der Waals surface area (Å²) in [5.41, 5.74) is 4.36. The van der Waals surface area contributed by atoms with E-state index in [2.05, 4.69) is 5.32 Å². The Morgan fingerprint density at radius 1 is 1.13 bits per heavy atom. The first-order chi connectivity index (χ1) is 10.8. The molecule has 0 saturated heterocycles. The van der Waals surface area contributed by atoms with Gasteiger partial charge >= 0.3 is 0 Å². The molecule has 0 atom stereocenters. The molecule has 0 saturated carbocycles. The number of aryl methyl sites for hydroxylation is 3. The van der Waals surface area contributed by atoms with Crippen LogP contribution in [-0.4, -0.2) is 16.3 Å². The van der Waals surface area contributed by atoms with Crippen molar-refractivity contribution in [2.24, 2.45) is 0 Å². The van der Waals surface area contributed by atoms with Gasteiger partial charge in [-0.2, -0.15) is 0 Å². The fourth-order valence-corrected chi connectivity index (χ4v) is 3.19.